The highest BCUT2D eigenvalue weighted by atomic mass is 16.7. The smallest absolute Gasteiger partial charge is 0.261 e. The molecule has 0 aromatic heterocycles. The van der Waals surface area contributed by atoms with Crippen LogP contribution in [0.25, 0.3) is 0 Å². The van der Waals surface area contributed by atoms with E-state index in [0.717, 1.165) is 44.0 Å². The quantitative estimate of drug-likeness (QED) is 0.815. The second-order valence-electron chi connectivity index (χ2n) is 7.22. The first-order chi connectivity index (χ1) is 13.3. The number of rotatable bonds is 5. The molecule has 1 unspecified atom stereocenters. The van der Waals surface area contributed by atoms with E-state index in [9.17, 15) is 4.79 Å². The lowest BCUT2D eigenvalue weighted by Gasteiger charge is -2.31. The van der Waals surface area contributed by atoms with Crippen LogP contribution in [0.2, 0.25) is 0 Å². The van der Waals surface area contributed by atoms with Crippen molar-refractivity contribution >= 4 is 5.91 Å². The van der Waals surface area contributed by atoms with Crippen molar-refractivity contribution in [2.24, 2.45) is 0 Å². The number of benzene rings is 2. The molecule has 2 aliphatic rings. The topological polar surface area (TPSA) is 42.0 Å². The van der Waals surface area contributed by atoms with E-state index in [-0.39, 0.29) is 11.9 Å². The Bertz CT molecular complexity index is 720. The van der Waals surface area contributed by atoms with E-state index < -0.39 is 5.41 Å². The molecule has 2 aliphatic heterocycles. The summed E-state index contributed by atoms with van der Waals surface area (Å²) in [7, 11) is 1.59. The van der Waals surface area contributed by atoms with Gasteiger partial charge in [0.2, 0.25) is 0 Å². The molecule has 0 radical (unpaired) electrons. The van der Waals surface area contributed by atoms with Crippen LogP contribution >= 0.6 is 0 Å². The van der Waals surface area contributed by atoms with Gasteiger partial charge in [0, 0.05) is 19.6 Å². The minimum atomic E-state index is -0.713. The molecule has 142 valence electrons. The number of hydrogen-bond donors (Lipinski definition) is 0. The van der Waals surface area contributed by atoms with E-state index in [1.54, 1.807) is 12.2 Å². The van der Waals surface area contributed by atoms with Crippen molar-refractivity contribution < 1.29 is 14.4 Å². The summed E-state index contributed by atoms with van der Waals surface area (Å²) < 4.78 is 5.46. The molecule has 0 spiro atoms. The Kier molecular flexibility index (Phi) is 5.25. The summed E-state index contributed by atoms with van der Waals surface area (Å²) in [6.07, 6.45) is 0.699. The summed E-state index contributed by atoms with van der Waals surface area (Å²) in [5.41, 5.74) is 1.33. The van der Waals surface area contributed by atoms with Gasteiger partial charge in [-0.05, 0) is 17.5 Å². The molecule has 2 aromatic rings. The summed E-state index contributed by atoms with van der Waals surface area (Å²) in [5.74, 6) is 0.0145. The monoisotopic (exact) mass is 366 g/mol. The van der Waals surface area contributed by atoms with Crippen molar-refractivity contribution in [1.29, 1.82) is 0 Å². The molecule has 2 fully saturated rings. The van der Waals surface area contributed by atoms with Crippen molar-refractivity contribution in [3.05, 3.63) is 71.8 Å². The minimum Gasteiger partial charge on any atom is -0.379 e. The Balaban J connectivity index is 1.73. The van der Waals surface area contributed by atoms with Crippen molar-refractivity contribution in [3.8, 4) is 0 Å². The zero-order chi connectivity index (χ0) is 18.7. The van der Waals surface area contributed by atoms with E-state index in [0.29, 0.717) is 6.42 Å². The van der Waals surface area contributed by atoms with Crippen LogP contribution in [0, 0.1) is 0 Å². The SMILES string of the molecule is CON1C(=O)C(c2ccccc2)(c2ccccc2)CC1CN1CCOCC1. The summed E-state index contributed by atoms with van der Waals surface area (Å²) in [5, 5.41) is 1.59. The minimum absolute atomic E-state index is 0.000937. The van der Waals surface area contributed by atoms with Gasteiger partial charge in [0.15, 0.2) is 0 Å². The molecule has 5 heteroatoms. The van der Waals surface area contributed by atoms with E-state index in [2.05, 4.69) is 29.2 Å². The highest BCUT2D eigenvalue weighted by molar-refractivity contribution is 5.94. The standard InChI is InChI=1S/C22H26N2O3/c1-26-24-20(17-23-12-14-27-15-13-23)16-22(21(24)25,18-8-4-2-5-9-18)19-10-6-3-7-11-19/h2-11,20H,12-17H2,1H3. The first-order valence-corrected chi connectivity index (χ1v) is 9.54. The number of nitrogens with zero attached hydrogens (tertiary/aromatic N) is 2. The molecule has 0 N–H and O–H groups in total. The summed E-state index contributed by atoms with van der Waals surface area (Å²) in [6, 6.07) is 20.2. The van der Waals surface area contributed by atoms with Crippen LogP contribution in [-0.4, -0.2) is 61.9 Å². The van der Waals surface area contributed by atoms with Gasteiger partial charge in [0.05, 0.1) is 26.4 Å². The second-order valence-corrected chi connectivity index (χ2v) is 7.22. The first-order valence-electron chi connectivity index (χ1n) is 9.54. The fraction of sp³-hybridized carbons (Fsp3) is 0.409. The van der Waals surface area contributed by atoms with Crippen LogP contribution in [0.5, 0.6) is 0 Å². The number of hydroxylamine groups is 2. The van der Waals surface area contributed by atoms with Crippen molar-refractivity contribution in [2.75, 3.05) is 40.0 Å². The van der Waals surface area contributed by atoms with Gasteiger partial charge in [-0.2, -0.15) is 0 Å². The second kappa shape index (κ2) is 7.80. The van der Waals surface area contributed by atoms with Crippen LogP contribution in [0.4, 0.5) is 0 Å². The molecular formula is C22H26N2O3. The van der Waals surface area contributed by atoms with Gasteiger partial charge >= 0.3 is 0 Å². The average molecular weight is 366 g/mol. The number of hydrogen-bond acceptors (Lipinski definition) is 4. The van der Waals surface area contributed by atoms with E-state index in [1.165, 1.54) is 0 Å². The maximum atomic E-state index is 13.7. The molecule has 2 saturated heterocycles. The highest BCUT2D eigenvalue weighted by Gasteiger charge is 2.54. The summed E-state index contributed by atoms with van der Waals surface area (Å²) in [4.78, 5) is 21.6. The molecule has 2 aromatic carbocycles. The van der Waals surface area contributed by atoms with Gasteiger partial charge in [-0.1, -0.05) is 60.7 Å². The van der Waals surface area contributed by atoms with E-state index in [1.807, 2.05) is 36.4 Å². The number of carbonyl (C=O) groups excluding carboxylic acids is 1. The molecule has 2 heterocycles. The van der Waals surface area contributed by atoms with E-state index in [4.69, 9.17) is 9.57 Å². The van der Waals surface area contributed by atoms with Gasteiger partial charge in [0.1, 0.15) is 5.41 Å². The van der Waals surface area contributed by atoms with E-state index >= 15 is 0 Å². The highest BCUT2D eigenvalue weighted by Crippen LogP contribution is 2.44. The van der Waals surface area contributed by atoms with Crippen molar-refractivity contribution in [3.63, 3.8) is 0 Å². The van der Waals surface area contributed by atoms with Crippen molar-refractivity contribution in [1.82, 2.24) is 9.96 Å². The van der Waals surface area contributed by atoms with Crippen LogP contribution in [0.1, 0.15) is 17.5 Å². The van der Waals surface area contributed by atoms with Gasteiger partial charge in [0.25, 0.3) is 5.91 Å². The molecule has 5 nitrogen and oxygen atoms in total. The lowest BCUT2D eigenvalue weighted by molar-refractivity contribution is -0.181. The Morgan fingerprint density at radius 2 is 1.56 bits per heavy atom. The largest absolute Gasteiger partial charge is 0.379 e. The normalized spacial score (nSPS) is 22.9. The molecule has 4 rings (SSSR count). The third kappa shape index (κ3) is 3.27. The lowest BCUT2D eigenvalue weighted by Crippen LogP contribution is -2.45. The maximum Gasteiger partial charge on any atom is 0.261 e. The number of carbonyl (C=O) groups is 1. The fourth-order valence-electron chi connectivity index (χ4n) is 4.42. The molecule has 1 atom stereocenters. The van der Waals surface area contributed by atoms with Crippen LogP contribution in [0.3, 0.4) is 0 Å². The Labute approximate surface area is 160 Å². The first kappa shape index (κ1) is 18.2. The van der Waals surface area contributed by atoms with Crippen LogP contribution in [0.15, 0.2) is 60.7 Å². The molecule has 0 bridgehead atoms. The maximum absolute atomic E-state index is 13.7. The van der Waals surface area contributed by atoms with Gasteiger partial charge < -0.3 is 4.74 Å². The lowest BCUT2D eigenvalue weighted by atomic mass is 9.72. The molecular weight excluding hydrogens is 340 g/mol. The zero-order valence-electron chi connectivity index (χ0n) is 15.7. The van der Waals surface area contributed by atoms with Gasteiger partial charge in [-0.25, -0.2) is 5.06 Å². The Morgan fingerprint density at radius 3 is 2.07 bits per heavy atom. The summed E-state index contributed by atoms with van der Waals surface area (Å²) >= 11 is 0. The van der Waals surface area contributed by atoms with Crippen molar-refractivity contribution in [2.45, 2.75) is 17.9 Å². The molecule has 27 heavy (non-hydrogen) atoms. The third-order valence-corrected chi connectivity index (χ3v) is 5.74. The average Bonchev–Trinajstić information content (AvgIpc) is 3.02. The Morgan fingerprint density at radius 1 is 1.00 bits per heavy atom. The number of morpholine rings is 1. The summed E-state index contributed by atoms with van der Waals surface area (Å²) in [6.45, 7) is 4.08. The number of amides is 1. The Hall–Kier alpha value is -2.21. The molecule has 0 saturated carbocycles. The van der Waals surface area contributed by atoms with Crippen LogP contribution in [-0.2, 0) is 19.8 Å². The third-order valence-electron chi connectivity index (χ3n) is 5.74. The number of ether oxygens (including phenoxy) is 1. The predicted molar refractivity (Wildman–Crippen MR) is 103 cm³/mol. The fourth-order valence-corrected chi connectivity index (χ4v) is 4.42. The molecule has 1 amide bonds. The zero-order valence-corrected chi connectivity index (χ0v) is 15.7. The van der Waals surface area contributed by atoms with Crippen LogP contribution < -0.4 is 0 Å². The van der Waals surface area contributed by atoms with Gasteiger partial charge in [-0.3, -0.25) is 14.5 Å². The molecule has 0 aliphatic carbocycles. The van der Waals surface area contributed by atoms with Gasteiger partial charge in [-0.15, -0.1) is 0 Å². The predicted octanol–water partition coefficient (Wildman–Crippen LogP) is 2.47.